The summed E-state index contributed by atoms with van der Waals surface area (Å²) in [5.74, 6) is -0.741. The van der Waals surface area contributed by atoms with Crippen molar-refractivity contribution in [2.45, 2.75) is 19.8 Å². The van der Waals surface area contributed by atoms with Crippen molar-refractivity contribution in [1.82, 2.24) is 9.80 Å². The van der Waals surface area contributed by atoms with Crippen molar-refractivity contribution in [3.63, 3.8) is 0 Å². The maximum Gasteiger partial charge on any atom is 0.319 e. The van der Waals surface area contributed by atoms with Crippen LogP contribution in [0.25, 0.3) is 0 Å². The molecule has 1 aliphatic rings. The van der Waals surface area contributed by atoms with Crippen LogP contribution in [0.4, 0.5) is 0 Å². The van der Waals surface area contributed by atoms with Crippen molar-refractivity contribution in [2.24, 2.45) is 0 Å². The lowest BCUT2D eigenvalue weighted by Crippen LogP contribution is -2.42. The van der Waals surface area contributed by atoms with Crippen LogP contribution in [0.5, 0.6) is 0 Å². The molecule has 1 heterocycles. The zero-order valence-electron chi connectivity index (χ0n) is 10.3. The average molecular weight is 242 g/mol. The predicted molar refractivity (Wildman–Crippen MR) is 60.1 cm³/mol. The zero-order chi connectivity index (χ0) is 12.8. The van der Waals surface area contributed by atoms with E-state index in [4.69, 9.17) is 0 Å². The van der Waals surface area contributed by atoms with Crippen LogP contribution in [0, 0.1) is 0 Å². The number of nitrogens with zero attached hydrogens (tertiary/aromatic N) is 2. The van der Waals surface area contributed by atoms with Crippen molar-refractivity contribution >= 4 is 17.8 Å². The Morgan fingerprint density at radius 1 is 1.41 bits per heavy atom. The number of likely N-dealkylation sites (N-methyl/N-ethyl adjacent to an activating group) is 1. The Morgan fingerprint density at radius 2 is 2.12 bits per heavy atom. The van der Waals surface area contributed by atoms with Crippen LogP contribution in [0.1, 0.15) is 19.8 Å². The molecule has 0 aromatic heterocycles. The summed E-state index contributed by atoms with van der Waals surface area (Å²) in [5.41, 5.74) is 0. The van der Waals surface area contributed by atoms with Crippen LogP contribution >= 0.6 is 0 Å². The molecule has 0 unspecified atom stereocenters. The topological polar surface area (TPSA) is 66.9 Å². The van der Waals surface area contributed by atoms with Crippen LogP contribution < -0.4 is 0 Å². The van der Waals surface area contributed by atoms with Gasteiger partial charge in [-0.2, -0.15) is 0 Å². The number of hydrogen-bond acceptors (Lipinski definition) is 5. The third-order valence-electron chi connectivity index (χ3n) is 2.76. The number of amides is 2. The van der Waals surface area contributed by atoms with Crippen LogP contribution in [-0.4, -0.2) is 60.9 Å². The summed E-state index contributed by atoms with van der Waals surface area (Å²) in [6, 6.07) is 0. The van der Waals surface area contributed by atoms with Gasteiger partial charge in [-0.3, -0.25) is 24.2 Å². The lowest BCUT2D eigenvalue weighted by Gasteiger charge is -2.21. The van der Waals surface area contributed by atoms with Crippen molar-refractivity contribution in [2.75, 3.05) is 33.3 Å². The van der Waals surface area contributed by atoms with E-state index in [0.29, 0.717) is 19.5 Å². The molecule has 0 atom stereocenters. The highest BCUT2D eigenvalue weighted by molar-refractivity contribution is 5.97. The molecule has 1 saturated heterocycles. The molecule has 96 valence electrons. The van der Waals surface area contributed by atoms with E-state index in [1.54, 1.807) is 4.90 Å². The van der Waals surface area contributed by atoms with E-state index in [1.807, 2.05) is 6.92 Å². The molecular weight excluding hydrogens is 224 g/mol. The molecule has 6 heteroatoms. The lowest BCUT2D eigenvalue weighted by molar-refractivity contribution is -0.144. The fraction of sp³-hybridized carbons (Fsp3) is 0.727. The van der Waals surface area contributed by atoms with Gasteiger partial charge in [0.15, 0.2) is 0 Å². The van der Waals surface area contributed by atoms with Gasteiger partial charge in [-0.1, -0.05) is 6.92 Å². The molecule has 0 spiro atoms. The summed E-state index contributed by atoms with van der Waals surface area (Å²) in [7, 11) is 1.31. The van der Waals surface area contributed by atoms with Crippen molar-refractivity contribution in [3.05, 3.63) is 0 Å². The van der Waals surface area contributed by atoms with Crippen LogP contribution in [-0.2, 0) is 19.1 Å². The molecule has 2 amide bonds. The van der Waals surface area contributed by atoms with Gasteiger partial charge >= 0.3 is 5.97 Å². The molecule has 0 aromatic carbocycles. The molecule has 0 bridgehead atoms. The van der Waals surface area contributed by atoms with Gasteiger partial charge in [0.2, 0.25) is 11.8 Å². The minimum atomic E-state index is -0.382. The van der Waals surface area contributed by atoms with Gasteiger partial charge < -0.3 is 4.74 Å². The number of methoxy groups -OCH3 is 1. The molecular formula is C11H18N2O4. The molecule has 0 aliphatic carbocycles. The molecule has 6 nitrogen and oxygen atoms in total. The number of ether oxygens (including phenoxy) is 1. The number of imide groups is 1. The Bertz CT molecular complexity index is 317. The van der Waals surface area contributed by atoms with Crippen LogP contribution in [0.15, 0.2) is 0 Å². The average Bonchev–Trinajstić information content (AvgIpc) is 2.74. The molecule has 1 fully saturated rings. The minimum Gasteiger partial charge on any atom is -0.468 e. The van der Waals surface area contributed by atoms with E-state index in [0.717, 1.165) is 6.42 Å². The molecule has 0 N–H and O–H groups in total. The molecule has 0 radical (unpaired) electrons. The van der Waals surface area contributed by atoms with Gasteiger partial charge in [0.05, 0.1) is 20.2 Å². The molecule has 17 heavy (non-hydrogen) atoms. The third kappa shape index (κ3) is 3.81. The maximum absolute atomic E-state index is 11.8. The number of hydrogen-bond donors (Lipinski definition) is 0. The Hall–Kier alpha value is -1.43. The highest BCUT2D eigenvalue weighted by atomic mass is 16.5. The fourth-order valence-electron chi connectivity index (χ4n) is 1.72. The van der Waals surface area contributed by atoms with E-state index in [1.165, 1.54) is 12.0 Å². The third-order valence-corrected chi connectivity index (χ3v) is 2.76. The quantitative estimate of drug-likeness (QED) is 0.615. The molecule has 0 saturated carbocycles. The summed E-state index contributed by atoms with van der Waals surface area (Å²) in [4.78, 5) is 37.2. The van der Waals surface area contributed by atoms with E-state index in [2.05, 4.69) is 4.74 Å². The number of carbonyl (C=O) groups is 3. The summed E-state index contributed by atoms with van der Waals surface area (Å²) >= 11 is 0. The summed E-state index contributed by atoms with van der Waals surface area (Å²) in [5, 5.41) is 0. The largest absolute Gasteiger partial charge is 0.468 e. The lowest BCUT2D eigenvalue weighted by atomic mass is 10.4. The highest BCUT2D eigenvalue weighted by Crippen LogP contribution is 2.10. The maximum atomic E-state index is 11.8. The Kier molecular flexibility index (Phi) is 5.09. The van der Waals surface area contributed by atoms with Gasteiger partial charge in [0.1, 0.15) is 0 Å². The summed E-state index contributed by atoms with van der Waals surface area (Å²) < 4.78 is 4.54. The Morgan fingerprint density at radius 3 is 2.59 bits per heavy atom. The number of rotatable bonds is 5. The highest BCUT2D eigenvalue weighted by Gasteiger charge is 2.27. The fourth-order valence-corrected chi connectivity index (χ4v) is 1.72. The van der Waals surface area contributed by atoms with Crippen molar-refractivity contribution < 1.29 is 19.1 Å². The smallest absolute Gasteiger partial charge is 0.319 e. The van der Waals surface area contributed by atoms with Gasteiger partial charge in [0, 0.05) is 13.0 Å². The number of likely N-dealkylation sites (tertiary alicyclic amines) is 1. The van der Waals surface area contributed by atoms with Gasteiger partial charge in [0.25, 0.3) is 0 Å². The minimum absolute atomic E-state index is 0.0702. The first-order chi connectivity index (χ1) is 8.08. The van der Waals surface area contributed by atoms with Gasteiger partial charge in [-0.05, 0) is 13.0 Å². The Labute approximate surface area is 101 Å². The normalized spacial score (nSPS) is 15.5. The second-order valence-corrected chi connectivity index (χ2v) is 3.92. The SMILES string of the molecule is CCN(CC(=O)OC)CC(=O)N1CCCC1=O. The van der Waals surface area contributed by atoms with Crippen molar-refractivity contribution in [1.29, 1.82) is 0 Å². The van der Waals surface area contributed by atoms with Crippen molar-refractivity contribution in [3.8, 4) is 0 Å². The van der Waals surface area contributed by atoms with Crippen LogP contribution in [0.2, 0.25) is 0 Å². The Balaban J connectivity index is 2.47. The monoisotopic (exact) mass is 242 g/mol. The van der Waals surface area contributed by atoms with E-state index >= 15 is 0 Å². The number of esters is 1. The van der Waals surface area contributed by atoms with E-state index in [9.17, 15) is 14.4 Å². The summed E-state index contributed by atoms with van der Waals surface area (Å²) in [6.45, 7) is 3.05. The summed E-state index contributed by atoms with van der Waals surface area (Å²) in [6.07, 6.45) is 1.17. The molecule has 1 rings (SSSR count). The molecule has 0 aromatic rings. The van der Waals surface area contributed by atoms with Gasteiger partial charge in [-0.25, -0.2) is 0 Å². The first-order valence-corrected chi connectivity index (χ1v) is 5.70. The number of carbonyl (C=O) groups excluding carboxylic acids is 3. The predicted octanol–water partition coefficient (Wildman–Crippen LogP) is -0.370. The molecule has 1 aliphatic heterocycles. The zero-order valence-corrected chi connectivity index (χ0v) is 10.3. The van der Waals surface area contributed by atoms with E-state index in [-0.39, 0.29) is 30.9 Å². The van der Waals surface area contributed by atoms with Gasteiger partial charge in [-0.15, -0.1) is 0 Å². The second-order valence-electron chi connectivity index (χ2n) is 3.92. The second kappa shape index (κ2) is 6.34. The van der Waals surface area contributed by atoms with E-state index < -0.39 is 0 Å². The standard InChI is InChI=1S/C11H18N2O4/c1-3-12(8-11(16)17-2)7-10(15)13-6-4-5-9(13)14/h3-8H2,1-2H3. The first kappa shape index (κ1) is 13.6. The van der Waals surface area contributed by atoms with Crippen LogP contribution in [0.3, 0.4) is 0 Å². The first-order valence-electron chi connectivity index (χ1n) is 5.70.